The number of hydrogen-bond donors (Lipinski definition) is 1. The smallest absolute Gasteiger partial charge is 0.269 e. The number of carbonyl (C=O) groups is 3. The Bertz CT molecular complexity index is 1240. The van der Waals surface area contributed by atoms with Gasteiger partial charge in [-0.3, -0.25) is 29.5 Å². The van der Waals surface area contributed by atoms with Crippen LogP contribution in [0.5, 0.6) is 0 Å². The molecule has 2 aromatic rings. The molecule has 10 heteroatoms. The van der Waals surface area contributed by atoms with E-state index in [4.69, 9.17) is 0 Å². The van der Waals surface area contributed by atoms with Crippen molar-refractivity contribution in [2.24, 2.45) is 16.9 Å². The number of fused-ring (bicyclic) bond motifs is 3. The standard InChI is InChI=1S/C23H19N5O5/c1-13-12-15(28(32)33)9-10-16(13)26-22(30)18-17-8-5-11-24-27(17)20(19(18)23(26)31)21(29)25-14-6-3-2-4-7-14/h2-12,17-20H,1H3,(H,25,29)/t17-,18-,19+,20-/m0/s1. The van der Waals surface area contributed by atoms with Crippen molar-refractivity contribution in [3.8, 4) is 0 Å². The van der Waals surface area contributed by atoms with Crippen molar-refractivity contribution in [1.29, 1.82) is 0 Å². The van der Waals surface area contributed by atoms with Gasteiger partial charge in [-0.05, 0) is 36.8 Å². The molecule has 2 saturated heterocycles. The lowest BCUT2D eigenvalue weighted by Gasteiger charge is -2.30. The average Bonchev–Trinajstić information content (AvgIpc) is 3.27. The van der Waals surface area contributed by atoms with Crippen molar-refractivity contribution in [3.63, 3.8) is 0 Å². The third-order valence-electron chi connectivity index (χ3n) is 6.23. The summed E-state index contributed by atoms with van der Waals surface area (Å²) in [4.78, 5) is 51.9. The Labute approximate surface area is 188 Å². The number of nitrogens with zero attached hydrogens (tertiary/aromatic N) is 4. The van der Waals surface area contributed by atoms with E-state index in [9.17, 15) is 24.5 Å². The molecule has 10 nitrogen and oxygen atoms in total. The van der Waals surface area contributed by atoms with Gasteiger partial charge in [0.05, 0.1) is 28.5 Å². The van der Waals surface area contributed by atoms with Gasteiger partial charge in [-0.2, -0.15) is 5.10 Å². The molecule has 3 aliphatic heterocycles. The fraction of sp³-hybridized carbons (Fsp3) is 0.217. The van der Waals surface area contributed by atoms with Crippen LogP contribution < -0.4 is 10.2 Å². The van der Waals surface area contributed by atoms with Crippen LogP contribution in [0.2, 0.25) is 0 Å². The second kappa shape index (κ2) is 7.66. The molecule has 33 heavy (non-hydrogen) atoms. The highest BCUT2D eigenvalue weighted by molar-refractivity contribution is 6.24. The molecular weight excluding hydrogens is 426 g/mol. The van der Waals surface area contributed by atoms with E-state index < -0.39 is 46.6 Å². The highest BCUT2D eigenvalue weighted by Gasteiger charge is 2.64. The van der Waals surface area contributed by atoms with Gasteiger partial charge in [0.1, 0.15) is 6.04 Å². The number of carbonyl (C=O) groups excluding carboxylic acids is 3. The van der Waals surface area contributed by atoms with Crippen LogP contribution in [0.15, 0.2) is 65.8 Å². The van der Waals surface area contributed by atoms with Gasteiger partial charge in [0.25, 0.3) is 5.69 Å². The van der Waals surface area contributed by atoms with Crippen LogP contribution in [0.25, 0.3) is 0 Å². The molecule has 3 aliphatic rings. The van der Waals surface area contributed by atoms with E-state index in [0.717, 1.165) is 4.90 Å². The van der Waals surface area contributed by atoms with Gasteiger partial charge in [-0.1, -0.05) is 24.3 Å². The molecule has 2 fully saturated rings. The van der Waals surface area contributed by atoms with Crippen LogP contribution in [-0.4, -0.2) is 46.0 Å². The number of non-ortho nitro benzene ring substituents is 1. The van der Waals surface area contributed by atoms with E-state index in [2.05, 4.69) is 10.4 Å². The van der Waals surface area contributed by atoms with E-state index in [1.54, 1.807) is 43.3 Å². The van der Waals surface area contributed by atoms with Crippen molar-refractivity contribution < 1.29 is 19.3 Å². The largest absolute Gasteiger partial charge is 0.324 e. The first-order valence-corrected chi connectivity index (χ1v) is 10.4. The number of nitrogens with one attached hydrogen (secondary N) is 1. The van der Waals surface area contributed by atoms with Gasteiger partial charge >= 0.3 is 0 Å². The second-order valence-corrected chi connectivity index (χ2v) is 8.11. The molecule has 0 radical (unpaired) electrons. The maximum atomic E-state index is 13.6. The predicted octanol–water partition coefficient (Wildman–Crippen LogP) is 2.26. The number of benzene rings is 2. The van der Waals surface area contributed by atoms with Crippen LogP contribution in [-0.2, 0) is 14.4 Å². The summed E-state index contributed by atoms with van der Waals surface area (Å²) in [6.45, 7) is 1.60. The highest BCUT2D eigenvalue weighted by atomic mass is 16.6. The van der Waals surface area contributed by atoms with E-state index in [1.165, 1.54) is 29.4 Å². The Kier molecular flexibility index (Phi) is 4.77. The summed E-state index contributed by atoms with van der Waals surface area (Å²) in [7, 11) is 0. The molecule has 0 unspecified atom stereocenters. The Hall–Kier alpha value is -4.34. The van der Waals surface area contributed by atoms with Gasteiger partial charge < -0.3 is 5.32 Å². The minimum absolute atomic E-state index is 0.133. The van der Waals surface area contributed by atoms with Crippen LogP contribution in [0, 0.1) is 28.9 Å². The number of hydrogen-bond acceptors (Lipinski definition) is 7. The lowest BCUT2D eigenvalue weighted by molar-refractivity contribution is -0.384. The molecule has 0 aliphatic carbocycles. The van der Waals surface area contributed by atoms with Gasteiger partial charge in [0.15, 0.2) is 0 Å². The molecule has 0 spiro atoms. The zero-order chi connectivity index (χ0) is 23.3. The summed E-state index contributed by atoms with van der Waals surface area (Å²) >= 11 is 0. The number of hydrazone groups is 1. The molecule has 166 valence electrons. The molecular formula is C23H19N5O5. The number of rotatable bonds is 4. The minimum atomic E-state index is -0.985. The number of nitro groups is 1. The minimum Gasteiger partial charge on any atom is -0.324 e. The zero-order valence-corrected chi connectivity index (χ0v) is 17.5. The zero-order valence-electron chi connectivity index (χ0n) is 17.5. The predicted molar refractivity (Wildman–Crippen MR) is 119 cm³/mol. The monoisotopic (exact) mass is 445 g/mol. The molecule has 0 bridgehead atoms. The summed E-state index contributed by atoms with van der Waals surface area (Å²) in [5.74, 6) is -3.15. The van der Waals surface area contributed by atoms with E-state index >= 15 is 0 Å². The number of anilines is 2. The maximum absolute atomic E-state index is 13.6. The molecule has 0 aromatic heterocycles. The van der Waals surface area contributed by atoms with Gasteiger partial charge in [-0.25, -0.2) is 4.90 Å². The number of imide groups is 1. The first-order chi connectivity index (χ1) is 15.9. The molecule has 1 N–H and O–H groups in total. The van der Waals surface area contributed by atoms with Crippen LogP contribution >= 0.6 is 0 Å². The Morgan fingerprint density at radius 2 is 1.82 bits per heavy atom. The molecule has 5 rings (SSSR count). The average molecular weight is 445 g/mol. The summed E-state index contributed by atoms with van der Waals surface area (Å²) in [6, 6.07) is 11.3. The van der Waals surface area contributed by atoms with Crippen molar-refractivity contribution >= 4 is 41.0 Å². The molecule has 3 amide bonds. The topological polar surface area (TPSA) is 125 Å². The first-order valence-electron chi connectivity index (χ1n) is 10.4. The quantitative estimate of drug-likeness (QED) is 0.437. The third kappa shape index (κ3) is 3.18. The maximum Gasteiger partial charge on any atom is 0.269 e. The number of allylic oxidation sites excluding steroid dienone is 1. The van der Waals surface area contributed by atoms with E-state index in [1.807, 2.05) is 6.07 Å². The third-order valence-corrected chi connectivity index (χ3v) is 6.23. The number of amides is 3. The van der Waals surface area contributed by atoms with Crippen molar-refractivity contribution in [2.45, 2.75) is 19.0 Å². The Morgan fingerprint density at radius 1 is 1.09 bits per heavy atom. The lowest BCUT2D eigenvalue weighted by Crippen LogP contribution is -2.47. The van der Waals surface area contributed by atoms with Crippen LogP contribution in [0.3, 0.4) is 0 Å². The van der Waals surface area contributed by atoms with Crippen molar-refractivity contribution in [1.82, 2.24) is 5.01 Å². The van der Waals surface area contributed by atoms with E-state index in [0.29, 0.717) is 11.3 Å². The van der Waals surface area contributed by atoms with Crippen LogP contribution in [0.4, 0.5) is 17.1 Å². The Balaban J connectivity index is 1.52. The molecule has 3 heterocycles. The first kappa shape index (κ1) is 20.6. The summed E-state index contributed by atoms with van der Waals surface area (Å²) in [5, 5.41) is 19.7. The highest BCUT2D eigenvalue weighted by Crippen LogP contribution is 2.46. The van der Waals surface area contributed by atoms with Crippen molar-refractivity contribution in [2.75, 3.05) is 10.2 Å². The second-order valence-electron chi connectivity index (χ2n) is 8.11. The fourth-order valence-corrected chi connectivity index (χ4v) is 4.82. The molecule has 2 aromatic carbocycles. The summed E-state index contributed by atoms with van der Waals surface area (Å²) < 4.78 is 0. The fourth-order valence-electron chi connectivity index (χ4n) is 4.82. The van der Waals surface area contributed by atoms with Gasteiger partial charge in [-0.15, -0.1) is 0 Å². The van der Waals surface area contributed by atoms with Crippen molar-refractivity contribution in [3.05, 3.63) is 76.4 Å². The summed E-state index contributed by atoms with van der Waals surface area (Å²) in [6.07, 6.45) is 4.97. The van der Waals surface area contributed by atoms with E-state index in [-0.39, 0.29) is 11.4 Å². The van der Waals surface area contributed by atoms with Gasteiger partial charge in [0.2, 0.25) is 17.7 Å². The lowest BCUT2D eigenvalue weighted by atomic mass is 9.88. The van der Waals surface area contributed by atoms with Crippen LogP contribution in [0.1, 0.15) is 5.56 Å². The molecule has 4 atom stereocenters. The Morgan fingerprint density at radius 3 is 2.52 bits per heavy atom. The number of aryl methyl sites for hydroxylation is 1. The summed E-state index contributed by atoms with van der Waals surface area (Å²) in [5.41, 5.74) is 1.14. The number of para-hydroxylation sites is 1. The molecule has 0 saturated carbocycles. The number of nitro benzene ring substituents is 1. The van der Waals surface area contributed by atoms with Gasteiger partial charge in [0, 0.05) is 24.0 Å². The normalized spacial score (nSPS) is 25.2. The SMILES string of the molecule is Cc1cc([N+](=O)[O-])ccc1N1C(=O)[C@@H]2[C@@H](C1=O)[C@@H]1C=CC=NN1[C@@H]2C(=O)Nc1ccccc1.